The van der Waals surface area contributed by atoms with E-state index in [-0.39, 0.29) is 17.7 Å². The number of tetrazole rings is 1. The zero-order valence-electron chi connectivity index (χ0n) is 20.3. The van der Waals surface area contributed by atoms with Gasteiger partial charge in [0.25, 0.3) is 5.56 Å². The number of aryl methyl sites for hydroxylation is 1. The summed E-state index contributed by atoms with van der Waals surface area (Å²) >= 11 is 0. The molecule has 1 aromatic carbocycles. The highest BCUT2D eigenvalue weighted by molar-refractivity contribution is 5.79. The number of benzene rings is 1. The van der Waals surface area contributed by atoms with Crippen LogP contribution >= 0.6 is 0 Å². The van der Waals surface area contributed by atoms with Crippen molar-refractivity contribution < 1.29 is 9.15 Å². The van der Waals surface area contributed by atoms with Crippen molar-refractivity contribution in [3.63, 3.8) is 0 Å². The minimum atomic E-state index is -0.0678. The molecule has 9 heteroatoms. The van der Waals surface area contributed by atoms with Gasteiger partial charge in [0.2, 0.25) is 0 Å². The van der Waals surface area contributed by atoms with E-state index in [0.29, 0.717) is 19.6 Å². The van der Waals surface area contributed by atoms with Gasteiger partial charge < -0.3 is 14.1 Å². The Kier molecular flexibility index (Phi) is 7.06. The van der Waals surface area contributed by atoms with Crippen LogP contribution < -0.4 is 5.56 Å². The third-order valence-corrected chi connectivity index (χ3v) is 6.66. The maximum Gasteiger partial charge on any atom is 0.252 e. The summed E-state index contributed by atoms with van der Waals surface area (Å²) in [5.74, 6) is 1.56. The number of nitrogens with one attached hydrogen (secondary N) is 1. The van der Waals surface area contributed by atoms with Gasteiger partial charge in [-0.1, -0.05) is 25.0 Å². The summed E-state index contributed by atoms with van der Waals surface area (Å²) in [5, 5.41) is 13.7. The van der Waals surface area contributed by atoms with Crippen LogP contribution in [0.4, 0.5) is 0 Å². The molecule has 184 valence electrons. The minimum absolute atomic E-state index is 0.0656. The second-order valence-electron chi connectivity index (χ2n) is 9.36. The highest BCUT2D eigenvalue weighted by Crippen LogP contribution is 2.28. The number of H-pyrrole nitrogens is 1. The van der Waals surface area contributed by atoms with Crippen LogP contribution in [-0.2, 0) is 17.8 Å². The number of pyridine rings is 1. The van der Waals surface area contributed by atoms with Crippen LogP contribution in [0.1, 0.15) is 61.4 Å². The molecule has 0 saturated carbocycles. The first-order valence-electron chi connectivity index (χ1n) is 12.4. The average Bonchev–Trinajstić information content (AvgIpc) is 3.62. The summed E-state index contributed by atoms with van der Waals surface area (Å²) in [5.41, 5.74) is 2.67. The average molecular weight is 477 g/mol. The molecule has 4 heterocycles. The van der Waals surface area contributed by atoms with Crippen LogP contribution in [0.15, 0.2) is 51.9 Å². The number of hydrogen-bond donors (Lipinski definition) is 1. The number of fused-ring (bicyclic) bond motifs is 1. The molecule has 0 bridgehead atoms. The predicted molar refractivity (Wildman–Crippen MR) is 132 cm³/mol. The van der Waals surface area contributed by atoms with E-state index in [1.54, 1.807) is 10.9 Å². The first kappa shape index (κ1) is 23.4. The zero-order chi connectivity index (χ0) is 24.2. The second kappa shape index (κ2) is 10.5. The number of ether oxygens (including phenoxy) is 1. The van der Waals surface area contributed by atoms with Gasteiger partial charge in [-0.3, -0.25) is 9.69 Å². The molecule has 0 amide bonds. The molecule has 0 radical (unpaired) electrons. The Morgan fingerprint density at radius 1 is 1.29 bits per heavy atom. The monoisotopic (exact) mass is 476 g/mol. The molecular formula is C26H32N6O3. The molecule has 2 atom stereocenters. The van der Waals surface area contributed by atoms with E-state index in [4.69, 9.17) is 9.15 Å². The van der Waals surface area contributed by atoms with Gasteiger partial charge >= 0.3 is 0 Å². The standard InChI is InChI=1S/C26H32N6O3/c1-3-6-24(25-28-29-30-32(25)17-22-8-5-12-35-22)31(16-21-7-4-11-34-21)15-20-14-19-13-18(2)9-10-23(19)27-26(20)33/h5,8-10,12-14,21,24H,3-4,6-7,11,15-17H2,1-2H3,(H,27,33)/t21-,24+/m0/s1. The quantitative estimate of drug-likeness (QED) is 0.369. The van der Waals surface area contributed by atoms with Gasteiger partial charge in [-0.2, -0.15) is 0 Å². The molecule has 0 spiro atoms. The van der Waals surface area contributed by atoms with Gasteiger partial charge in [0.1, 0.15) is 12.3 Å². The first-order chi connectivity index (χ1) is 17.1. The molecule has 1 aliphatic heterocycles. The molecule has 1 N–H and O–H groups in total. The van der Waals surface area contributed by atoms with E-state index in [2.05, 4.69) is 45.3 Å². The minimum Gasteiger partial charge on any atom is -0.467 e. The summed E-state index contributed by atoms with van der Waals surface area (Å²) < 4.78 is 13.3. The number of furan rings is 1. The van der Waals surface area contributed by atoms with E-state index in [1.807, 2.05) is 30.3 Å². The summed E-state index contributed by atoms with van der Waals surface area (Å²) in [4.78, 5) is 18.4. The van der Waals surface area contributed by atoms with E-state index >= 15 is 0 Å². The Morgan fingerprint density at radius 2 is 2.20 bits per heavy atom. The Balaban J connectivity index is 1.50. The molecule has 4 aromatic rings. The van der Waals surface area contributed by atoms with Crippen molar-refractivity contribution in [3.05, 3.63) is 75.7 Å². The maximum atomic E-state index is 13.1. The Morgan fingerprint density at radius 3 is 2.97 bits per heavy atom. The van der Waals surface area contributed by atoms with Crippen molar-refractivity contribution in [2.45, 2.75) is 64.8 Å². The molecule has 1 fully saturated rings. The Labute approximate surface area is 204 Å². The first-order valence-corrected chi connectivity index (χ1v) is 12.4. The van der Waals surface area contributed by atoms with E-state index in [0.717, 1.165) is 65.9 Å². The van der Waals surface area contributed by atoms with Gasteiger partial charge in [0.15, 0.2) is 5.82 Å². The summed E-state index contributed by atoms with van der Waals surface area (Å²) in [6.45, 7) is 6.65. The van der Waals surface area contributed by atoms with Gasteiger partial charge in [0.05, 0.1) is 18.4 Å². The molecule has 35 heavy (non-hydrogen) atoms. The topological polar surface area (TPSA) is 102 Å². The van der Waals surface area contributed by atoms with Crippen molar-refractivity contribution in [2.24, 2.45) is 0 Å². The highest BCUT2D eigenvalue weighted by atomic mass is 16.5. The lowest BCUT2D eigenvalue weighted by Gasteiger charge is -2.32. The van der Waals surface area contributed by atoms with Crippen molar-refractivity contribution in [2.75, 3.05) is 13.2 Å². The normalized spacial score (nSPS) is 16.9. The molecule has 0 aliphatic carbocycles. The van der Waals surface area contributed by atoms with Gasteiger partial charge in [0, 0.05) is 30.8 Å². The van der Waals surface area contributed by atoms with Crippen molar-refractivity contribution in [3.8, 4) is 0 Å². The number of aromatic nitrogens is 5. The van der Waals surface area contributed by atoms with E-state index < -0.39 is 0 Å². The highest BCUT2D eigenvalue weighted by Gasteiger charge is 2.30. The molecule has 1 aliphatic rings. The number of nitrogens with zero attached hydrogens (tertiary/aromatic N) is 5. The molecule has 1 saturated heterocycles. The van der Waals surface area contributed by atoms with E-state index in [1.165, 1.54) is 0 Å². The van der Waals surface area contributed by atoms with Crippen LogP contribution in [0.2, 0.25) is 0 Å². The third kappa shape index (κ3) is 5.36. The SMILES string of the molecule is CCC[C@H](c1nnnn1Cc1ccco1)N(Cc1cc2cc(C)ccc2[nH]c1=O)C[C@@H]1CCCO1. The predicted octanol–water partition coefficient (Wildman–Crippen LogP) is 3.99. The Bertz CT molecular complexity index is 1310. The molecule has 3 aromatic heterocycles. The van der Waals surface area contributed by atoms with Crippen LogP contribution in [0.25, 0.3) is 10.9 Å². The van der Waals surface area contributed by atoms with Crippen LogP contribution in [0.5, 0.6) is 0 Å². The maximum absolute atomic E-state index is 13.1. The fraction of sp³-hybridized carbons (Fsp3) is 0.462. The third-order valence-electron chi connectivity index (χ3n) is 6.66. The molecule has 9 nitrogen and oxygen atoms in total. The largest absolute Gasteiger partial charge is 0.467 e. The lowest BCUT2D eigenvalue weighted by molar-refractivity contribution is 0.0476. The lowest BCUT2D eigenvalue weighted by Crippen LogP contribution is -2.38. The van der Waals surface area contributed by atoms with Crippen LogP contribution in [0, 0.1) is 6.92 Å². The fourth-order valence-corrected chi connectivity index (χ4v) is 4.92. The van der Waals surface area contributed by atoms with E-state index in [9.17, 15) is 4.79 Å². The van der Waals surface area contributed by atoms with Crippen LogP contribution in [0.3, 0.4) is 0 Å². The smallest absolute Gasteiger partial charge is 0.252 e. The van der Waals surface area contributed by atoms with Gasteiger partial charge in [-0.25, -0.2) is 4.68 Å². The summed E-state index contributed by atoms with van der Waals surface area (Å²) in [6.07, 6.45) is 5.66. The summed E-state index contributed by atoms with van der Waals surface area (Å²) in [6, 6.07) is 11.8. The van der Waals surface area contributed by atoms with Crippen molar-refractivity contribution >= 4 is 10.9 Å². The number of hydrogen-bond acceptors (Lipinski definition) is 7. The zero-order valence-corrected chi connectivity index (χ0v) is 20.3. The molecule has 0 unspecified atom stereocenters. The van der Waals surface area contributed by atoms with Crippen molar-refractivity contribution in [1.29, 1.82) is 0 Å². The number of rotatable bonds is 10. The second-order valence-corrected chi connectivity index (χ2v) is 9.36. The number of aromatic amines is 1. The van der Waals surface area contributed by atoms with Gasteiger partial charge in [-0.05, 0) is 72.3 Å². The molecular weight excluding hydrogens is 444 g/mol. The lowest BCUT2D eigenvalue weighted by atomic mass is 10.0. The molecule has 5 rings (SSSR count). The Hall–Kier alpha value is -3.30. The van der Waals surface area contributed by atoms with Crippen LogP contribution in [-0.4, -0.2) is 49.3 Å². The van der Waals surface area contributed by atoms with Gasteiger partial charge in [-0.15, -0.1) is 5.10 Å². The summed E-state index contributed by atoms with van der Waals surface area (Å²) in [7, 11) is 0. The van der Waals surface area contributed by atoms with Crippen molar-refractivity contribution in [1.82, 2.24) is 30.1 Å². The fourth-order valence-electron chi connectivity index (χ4n) is 4.92.